The number of hydrogen-bond donors (Lipinski definition) is 0. The molecule has 100 valence electrons. The Morgan fingerprint density at radius 1 is 1.05 bits per heavy atom. The normalized spacial score (nSPS) is 10.8. The van der Waals surface area contributed by atoms with Crippen LogP contribution >= 0.6 is 23.4 Å². The Morgan fingerprint density at radius 3 is 2.47 bits per heavy atom. The van der Waals surface area contributed by atoms with E-state index in [-0.39, 0.29) is 0 Å². The van der Waals surface area contributed by atoms with Crippen molar-refractivity contribution >= 4 is 23.4 Å². The summed E-state index contributed by atoms with van der Waals surface area (Å²) in [5.74, 6) is 1.60. The second-order valence-electron chi connectivity index (χ2n) is 4.65. The molecular weight excluding hydrogens is 276 g/mol. The van der Waals surface area contributed by atoms with Crippen LogP contribution in [0.2, 0.25) is 5.02 Å². The molecule has 2 aromatic rings. The first-order valence-corrected chi connectivity index (χ1v) is 7.51. The van der Waals surface area contributed by atoms with Crippen molar-refractivity contribution < 1.29 is 4.74 Å². The van der Waals surface area contributed by atoms with E-state index < -0.39 is 0 Å². The predicted molar refractivity (Wildman–Crippen MR) is 83.7 cm³/mol. The van der Waals surface area contributed by atoms with Crippen molar-refractivity contribution in [2.45, 2.75) is 30.9 Å². The van der Waals surface area contributed by atoms with E-state index in [0.29, 0.717) is 10.3 Å². The maximum Gasteiger partial charge on any atom is 0.128 e. The summed E-state index contributed by atoms with van der Waals surface area (Å²) in [5.41, 5.74) is 1.28. The van der Waals surface area contributed by atoms with Gasteiger partial charge < -0.3 is 4.74 Å². The van der Waals surface area contributed by atoms with E-state index >= 15 is 0 Å². The van der Waals surface area contributed by atoms with E-state index in [1.807, 2.05) is 42.1 Å². The molecule has 0 fully saturated rings. The third-order valence-corrected chi connectivity index (χ3v) is 3.95. The molecule has 0 radical (unpaired) electrons. The molecule has 0 aliphatic rings. The lowest BCUT2D eigenvalue weighted by molar-refractivity contribution is 0.481. The number of benzene rings is 2. The van der Waals surface area contributed by atoms with Crippen LogP contribution in [0.15, 0.2) is 47.4 Å². The SMILES string of the molecule is Cc1ccc(Oc2cccc(Cl)c2)cc1SC(C)C. The van der Waals surface area contributed by atoms with E-state index in [9.17, 15) is 0 Å². The van der Waals surface area contributed by atoms with Crippen LogP contribution in [0.1, 0.15) is 19.4 Å². The molecule has 2 aromatic carbocycles. The van der Waals surface area contributed by atoms with Gasteiger partial charge in [-0.1, -0.05) is 37.6 Å². The molecule has 2 rings (SSSR count). The van der Waals surface area contributed by atoms with Crippen LogP contribution in [-0.4, -0.2) is 5.25 Å². The molecule has 0 spiro atoms. The molecule has 0 aromatic heterocycles. The third kappa shape index (κ3) is 4.19. The van der Waals surface area contributed by atoms with Crippen molar-refractivity contribution in [1.29, 1.82) is 0 Å². The minimum atomic E-state index is 0.556. The lowest BCUT2D eigenvalue weighted by Crippen LogP contribution is -1.90. The van der Waals surface area contributed by atoms with Gasteiger partial charge in [-0.2, -0.15) is 0 Å². The number of thioether (sulfide) groups is 1. The largest absolute Gasteiger partial charge is 0.457 e. The minimum absolute atomic E-state index is 0.556. The second kappa shape index (κ2) is 6.36. The Bertz CT molecular complexity index is 566. The summed E-state index contributed by atoms with van der Waals surface area (Å²) in [7, 11) is 0. The molecule has 0 unspecified atom stereocenters. The first-order valence-electron chi connectivity index (χ1n) is 6.25. The summed E-state index contributed by atoms with van der Waals surface area (Å²) in [4.78, 5) is 1.26. The van der Waals surface area contributed by atoms with Crippen molar-refractivity contribution in [3.05, 3.63) is 53.1 Å². The van der Waals surface area contributed by atoms with Gasteiger partial charge in [0.1, 0.15) is 11.5 Å². The molecule has 0 N–H and O–H groups in total. The number of aryl methyl sites for hydroxylation is 1. The van der Waals surface area contributed by atoms with Crippen LogP contribution < -0.4 is 4.74 Å². The van der Waals surface area contributed by atoms with Crippen LogP contribution in [-0.2, 0) is 0 Å². The first-order chi connectivity index (χ1) is 9.04. The zero-order valence-corrected chi connectivity index (χ0v) is 12.9. The average Bonchev–Trinajstić information content (AvgIpc) is 2.33. The molecule has 0 amide bonds. The highest BCUT2D eigenvalue weighted by molar-refractivity contribution is 8.00. The van der Waals surface area contributed by atoms with E-state index in [1.165, 1.54) is 10.5 Å². The highest BCUT2D eigenvalue weighted by atomic mass is 35.5. The monoisotopic (exact) mass is 292 g/mol. The zero-order valence-electron chi connectivity index (χ0n) is 11.3. The third-order valence-electron chi connectivity index (χ3n) is 2.55. The Morgan fingerprint density at radius 2 is 1.79 bits per heavy atom. The van der Waals surface area contributed by atoms with Gasteiger partial charge in [-0.05, 0) is 42.8 Å². The summed E-state index contributed by atoms with van der Waals surface area (Å²) < 4.78 is 5.84. The molecular formula is C16H17ClOS. The Balaban J connectivity index is 2.21. The summed E-state index contributed by atoms with van der Waals surface area (Å²) in [5, 5.41) is 1.24. The minimum Gasteiger partial charge on any atom is -0.457 e. The Labute approximate surface area is 123 Å². The summed E-state index contributed by atoms with van der Waals surface area (Å²) in [6.07, 6.45) is 0. The second-order valence-corrected chi connectivity index (χ2v) is 6.71. The first kappa shape index (κ1) is 14.3. The number of ether oxygens (including phenoxy) is 1. The average molecular weight is 293 g/mol. The molecule has 0 aliphatic carbocycles. The quantitative estimate of drug-likeness (QED) is 0.645. The van der Waals surface area contributed by atoms with Gasteiger partial charge in [0.2, 0.25) is 0 Å². The molecule has 3 heteroatoms. The maximum atomic E-state index is 5.95. The van der Waals surface area contributed by atoms with Crippen molar-refractivity contribution in [3.63, 3.8) is 0 Å². The lowest BCUT2D eigenvalue weighted by Gasteiger charge is -2.11. The topological polar surface area (TPSA) is 9.23 Å². The summed E-state index contributed by atoms with van der Waals surface area (Å²) in [6, 6.07) is 13.6. The predicted octanol–water partition coefficient (Wildman–Crippen LogP) is 5.94. The smallest absolute Gasteiger partial charge is 0.128 e. The van der Waals surface area contributed by atoms with Gasteiger partial charge in [0, 0.05) is 15.2 Å². The van der Waals surface area contributed by atoms with Crippen LogP contribution in [0.3, 0.4) is 0 Å². The van der Waals surface area contributed by atoms with Crippen molar-refractivity contribution in [2.24, 2.45) is 0 Å². The summed E-state index contributed by atoms with van der Waals surface area (Å²) in [6.45, 7) is 6.50. The lowest BCUT2D eigenvalue weighted by atomic mass is 10.2. The molecule has 0 atom stereocenters. The molecule has 19 heavy (non-hydrogen) atoms. The molecule has 0 bridgehead atoms. The van der Waals surface area contributed by atoms with Gasteiger partial charge in [0.25, 0.3) is 0 Å². The van der Waals surface area contributed by atoms with Crippen LogP contribution in [0.25, 0.3) is 0 Å². The molecule has 0 aliphatic heterocycles. The van der Waals surface area contributed by atoms with E-state index in [0.717, 1.165) is 11.5 Å². The van der Waals surface area contributed by atoms with Crippen LogP contribution in [0.4, 0.5) is 0 Å². The maximum absolute atomic E-state index is 5.95. The fourth-order valence-electron chi connectivity index (χ4n) is 1.69. The van der Waals surface area contributed by atoms with Gasteiger partial charge in [0.15, 0.2) is 0 Å². The fraction of sp³-hybridized carbons (Fsp3) is 0.250. The van der Waals surface area contributed by atoms with Crippen LogP contribution in [0, 0.1) is 6.92 Å². The standard InChI is InChI=1S/C16H17ClOS/c1-11(2)19-16-10-15(8-7-12(16)3)18-14-6-4-5-13(17)9-14/h4-11H,1-3H3. The van der Waals surface area contributed by atoms with Crippen molar-refractivity contribution in [3.8, 4) is 11.5 Å². The number of halogens is 1. The molecule has 0 saturated carbocycles. The fourth-order valence-corrected chi connectivity index (χ4v) is 2.82. The van der Waals surface area contributed by atoms with E-state index in [1.54, 1.807) is 0 Å². The summed E-state index contributed by atoms with van der Waals surface area (Å²) >= 11 is 7.80. The molecule has 0 saturated heterocycles. The molecule has 1 nitrogen and oxygen atoms in total. The Kier molecular flexibility index (Phi) is 4.78. The Hall–Kier alpha value is -1.12. The van der Waals surface area contributed by atoms with Gasteiger partial charge in [-0.15, -0.1) is 11.8 Å². The number of rotatable bonds is 4. The molecule has 0 heterocycles. The van der Waals surface area contributed by atoms with E-state index in [4.69, 9.17) is 16.3 Å². The van der Waals surface area contributed by atoms with E-state index in [2.05, 4.69) is 32.9 Å². The van der Waals surface area contributed by atoms with Crippen molar-refractivity contribution in [1.82, 2.24) is 0 Å². The highest BCUT2D eigenvalue weighted by Gasteiger charge is 2.05. The van der Waals surface area contributed by atoms with Crippen molar-refractivity contribution in [2.75, 3.05) is 0 Å². The van der Waals surface area contributed by atoms with Gasteiger partial charge in [-0.3, -0.25) is 0 Å². The number of hydrogen-bond acceptors (Lipinski definition) is 2. The highest BCUT2D eigenvalue weighted by Crippen LogP contribution is 2.32. The van der Waals surface area contributed by atoms with Gasteiger partial charge in [0.05, 0.1) is 0 Å². The zero-order chi connectivity index (χ0) is 13.8. The van der Waals surface area contributed by atoms with Gasteiger partial charge in [-0.25, -0.2) is 0 Å². The van der Waals surface area contributed by atoms with Gasteiger partial charge >= 0.3 is 0 Å². The van der Waals surface area contributed by atoms with Crippen LogP contribution in [0.5, 0.6) is 11.5 Å².